The summed E-state index contributed by atoms with van der Waals surface area (Å²) in [6.45, 7) is 4.39. The third-order valence-corrected chi connectivity index (χ3v) is 4.41. The Morgan fingerprint density at radius 1 is 1.04 bits per heavy atom. The maximum atomic E-state index is 13.8. The molecular formula is C23H21ClFNO2. The topological polar surface area (TPSA) is 30.8 Å². The first-order valence-corrected chi connectivity index (χ1v) is 9.38. The highest BCUT2D eigenvalue weighted by atomic mass is 35.5. The van der Waals surface area contributed by atoms with E-state index in [1.807, 2.05) is 44.2 Å². The molecule has 3 aromatic carbocycles. The Morgan fingerprint density at radius 3 is 2.54 bits per heavy atom. The number of aryl methyl sites for hydroxylation is 1. The molecule has 0 bridgehead atoms. The lowest BCUT2D eigenvalue weighted by Gasteiger charge is -2.14. The molecule has 3 rings (SSSR count). The van der Waals surface area contributed by atoms with Crippen LogP contribution in [0.1, 0.15) is 23.6 Å². The number of halogens is 2. The van der Waals surface area contributed by atoms with Gasteiger partial charge in [-0.1, -0.05) is 48.0 Å². The molecule has 5 heteroatoms. The Hall–Kier alpha value is -2.85. The molecule has 0 atom stereocenters. The summed E-state index contributed by atoms with van der Waals surface area (Å²) in [6.07, 6.45) is 1.73. The summed E-state index contributed by atoms with van der Waals surface area (Å²) in [7, 11) is 0. The van der Waals surface area contributed by atoms with Gasteiger partial charge in [-0.05, 0) is 49.2 Å². The van der Waals surface area contributed by atoms with Crippen LogP contribution in [0.4, 0.5) is 10.1 Å². The molecule has 0 aromatic heterocycles. The van der Waals surface area contributed by atoms with Crippen molar-refractivity contribution in [2.45, 2.75) is 20.5 Å². The van der Waals surface area contributed by atoms with Crippen molar-refractivity contribution in [2.24, 2.45) is 4.99 Å². The van der Waals surface area contributed by atoms with Crippen molar-refractivity contribution in [1.29, 1.82) is 0 Å². The van der Waals surface area contributed by atoms with Crippen molar-refractivity contribution < 1.29 is 13.9 Å². The predicted molar refractivity (Wildman–Crippen MR) is 112 cm³/mol. The van der Waals surface area contributed by atoms with E-state index in [0.29, 0.717) is 28.7 Å². The second kappa shape index (κ2) is 9.38. The molecule has 0 aliphatic rings. The van der Waals surface area contributed by atoms with Gasteiger partial charge in [0, 0.05) is 11.8 Å². The van der Waals surface area contributed by atoms with Crippen LogP contribution in [0.25, 0.3) is 0 Å². The molecule has 0 amide bonds. The Bertz CT molecular complexity index is 988. The van der Waals surface area contributed by atoms with Crippen molar-refractivity contribution in [3.05, 3.63) is 88.2 Å². The predicted octanol–water partition coefficient (Wildman–Crippen LogP) is 6.52. The standard InChI is InChI=1S/C23H21ClFNO2/c1-3-27-22-13-17(14-26-21-11-7-4-8-16(21)2)12-19(24)23(22)28-15-18-9-5-6-10-20(18)25/h4-14H,3,15H2,1-2H3. The van der Waals surface area contributed by atoms with Crippen molar-refractivity contribution in [3.8, 4) is 11.5 Å². The van der Waals surface area contributed by atoms with E-state index >= 15 is 0 Å². The zero-order chi connectivity index (χ0) is 19.9. The van der Waals surface area contributed by atoms with Gasteiger partial charge >= 0.3 is 0 Å². The van der Waals surface area contributed by atoms with Gasteiger partial charge in [0.05, 0.1) is 17.3 Å². The quantitative estimate of drug-likeness (QED) is 0.425. The van der Waals surface area contributed by atoms with Crippen molar-refractivity contribution in [3.63, 3.8) is 0 Å². The largest absolute Gasteiger partial charge is 0.490 e. The van der Waals surface area contributed by atoms with Crippen LogP contribution in [0.5, 0.6) is 11.5 Å². The monoisotopic (exact) mass is 397 g/mol. The minimum Gasteiger partial charge on any atom is -0.490 e. The Labute approximate surface area is 169 Å². The number of aliphatic imine (C=N–C) groups is 1. The van der Waals surface area contributed by atoms with Gasteiger partial charge in [0.1, 0.15) is 12.4 Å². The van der Waals surface area contributed by atoms with Crippen LogP contribution in [0.15, 0.2) is 65.7 Å². The van der Waals surface area contributed by atoms with Crippen LogP contribution in [0.2, 0.25) is 5.02 Å². The molecule has 0 fully saturated rings. The molecule has 0 unspecified atom stereocenters. The Balaban J connectivity index is 1.85. The van der Waals surface area contributed by atoms with E-state index in [9.17, 15) is 4.39 Å². The summed E-state index contributed by atoms with van der Waals surface area (Å²) in [5.41, 5.74) is 3.21. The molecule has 144 valence electrons. The second-order valence-electron chi connectivity index (χ2n) is 6.19. The first-order chi connectivity index (χ1) is 13.6. The first-order valence-electron chi connectivity index (χ1n) is 9.00. The van der Waals surface area contributed by atoms with E-state index in [-0.39, 0.29) is 12.4 Å². The van der Waals surface area contributed by atoms with Crippen LogP contribution in [-0.4, -0.2) is 12.8 Å². The number of benzene rings is 3. The van der Waals surface area contributed by atoms with E-state index in [2.05, 4.69) is 4.99 Å². The van der Waals surface area contributed by atoms with Crippen LogP contribution in [-0.2, 0) is 6.61 Å². The summed E-state index contributed by atoms with van der Waals surface area (Å²) in [4.78, 5) is 4.52. The van der Waals surface area contributed by atoms with Gasteiger partial charge in [-0.3, -0.25) is 4.99 Å². The first kappa shape index (κ1) is 19.9. The molecule has 0 heterocycles. The van der Waals surface area contributed by atoms with E-state index in [4.69, 9.17) is 21.1 Å². The molecule has 0 saturated carbocycles. The third-order valence-electron chi connectivity index (χ3n) is 4.13. The summed E-state index contributed by atoms with van der Waals surface area (Å²) in [6, 6.07) is 17.9. The summed E-state index contributed by atoms with van der Waals surface area (Å²) >= 11 is 6.43. The molecule has 3 nitrogen and oxygen atoms in total. The van der Waals surface area contributed by atoms with E-state index < -0.39 is 0 Å². The number of ether oxygens (including phenoxy) is 2. The smallest absolute Gasteiger partial charge is 0.180 e. The lowest BCUT2D eigenvalue weighted by molar-refractivity contribution is 0.266. The fourth-order valence-corrected chi connectivity index (χ4v) is 2.96. The van der Waals surface area contributed by atoms with Crippen LogP contribution < -0.4 is 9.47 Å². The lowest BCUT2D eigenvalue weighted by Crippen LogP contribution is -2.02. The normalized spacial score (nSPS) is 11.0. The summed E-state index contributed by atoms with van der Waals surface area (Å²) in [5.74, 6) is 0.566. The zero-order valence-corrected chi connectivity index (χ0v) is 16.5. The van der Waals surface area contributed by atoms with E-state index in [1.165, 1.54) is 6.07 Å². The highest BCUT2D eigenvalue weighted by Crippen LogP contribution is 2.37. The Kier molecular flexibility index (Phi) is 6.66. The SMILES string of the molecule is CCOc1cc(C=Nc2ccccc2C)cc(Cl)c1OCc1ccccc1F. The molecule has 0 aliphatic heterocycles. The number of rotatable bonds is 7. The van der Waals surface area contributed by atoms with E-state index in [1.54, 1.807) is 30.5 Å². The molecule has 0 aliphatic carbocycles. The minimum absolute atomic E-state index is 0.0586. The van der Waals surface area contributed by atoms with Gasteiger partial charge in [0.2, 0.25) is 0 Å². The van der Waals surface area contributed by atoms with Gasteiger partial charge in [-0.15, -0.1) is 0 Å². The number of hydrogen-bond donors (Lipinski definition) is 0. The minimum atomic E-state index is -0.321. The lowest BCUT2D eigenvalue weighted by atomic mass is 10.2. The van der Waals surface area contributed by atoms with Gasteiger partial charge in [0.15, 0.2) is 11.5 Å². The molecule has 28 heavy (non-hydrogen) atoms. The summed E-state index contributed by atoms with van der Waals surface area (Å²) < 4.78 is 25.3. The van der Waals surface area contributed by atoms with Gasteiger partial charge < -0.3 is 9.47 Å². The van der Waals surface area contributed by atoms with Crippen molar-refractivity contribution in [2.75, 3.05) is 6.61 Å². The Morgan fingerprint density at radius 2 is 1.79 bits per heavy atom. The summed E-state index contributed by atoms with van der Waals surface area (Å²) in [5, 5.41) is 0.383. The zero-order valence-electron chi connectivity index (χ0n) is 15.8. The molecule has 3 aromatic rings. The maximum absolute atomic E-state index is 13.8. The van der Waals surface area contributed by atoms with Gasteiger partial charge in [-0.25, -0.2) is 4.39 Å². The van der Waals surface area contributed by atoms with Crippen LogP contribution >= 0.6 is 11.6 Å². The average molecular weight is 398 g/mol. The highest BCUT2D eigenvalue weighted by Gasteiger charge is 2.13. The van der Waals surface area contributed by atoms with Crippen LogP contribution in [0.3, 0.4) is 0 Å². The van der Waals surface area contributed by atoms with E-state index in [0.717, 1.165) is 16.8 Å². The molecule has 0 radical (unpaired) electrons. The molecule has 0 spiro atoms. The second-order valence-corrected chi connectivity index (χ2v) is 6.59. The maximum Gasteiger partial charge on any atom is 0.180 e. The van der Waals surface area contributed by atoms with Gasteiger partial charge in [-0.2, -0.15) is 0 Å². The average Bonchev–Trinajstić information content (AvgIpc) is 2.68. The third kappa shape index (κ3) is 4.90. The number of hydrogen-bond acceptors (Lipinski definition) is 3. The van der Waals surface area contributed by atoms with Crippen LogP contribution in [0, 0.1) is 12.7 Å². The van der Waals surface area contributed by atoms with Crippen molar-refractivity contribution >= 4 is 23.5 Å². The number of nitrogens with zero attached hydrogens (tertiary/aromatic N) is 1. The van der Waals surface area contributed by atoms with Crippen molar-refractivity contribution in [1.82, 2.24) is 0 Å². The highest BCUT2D eigenvalue weighted by molar-refractivity contribution is 6.32. The molecule has 0 saturated heterocycles. The fraction of sp³-hybridized carbons (Fsp3) is 0.174. The molecule has 0 N–H and O–H groups in total. The molecular weight excluding hydrogens is 377 g/mol. The fourth-order valence-electron chi connectivity index (χ4n) is 2.68. The van der Waals surface area contributed by atoms with Gasteiger partial charge in [0.25, 0.3) is 0 Å². The number of para-hydroxylation sites is 1.